The van der Waals surface area contributed by atoms with Crippen LogP contribution in [0.4, 0.5) is 0 Å². The number of halogens is 2. The molecular formula is C7H8BrClN4. The highest BCUT2D eigenvalue weighted by Gasteiger charge is 2.01. The molecule has 0 unspecified atom stereocenters. The summed E-state index contributed by atoms with van der Waals surface area (Å²) in [5.74, 6) is 0.775. The van der Waals surface area contributed by atoms with Gasteiger partial charge in [-0.3, -0.25) is 4.40 Å². The zero-order valence-electron chi connectivity index (χ0n) is 6.64. The van der Waals surface area contributed by atoms with Crippen molar-refractivity contribution in [2.24, 2.45) is 5.73 Å². The van der Waals surface area contributed by atoms with Crippen molar-refractivity contribution in [2.45, 2.75) is 6.54 Å². The van der Waals surface area contributed by atoms with Gasteiger partial charge in [0, 0.05) is 10.7 Å². The van der Waals surface area contributed by atoms with Gasteiger partial charge in [-0.25, -0.2) is 0 Å². The van der Waals surface area contributed by atoms with Crippen molar-refractivity contribution < 1.29 is 0 Å². The molecule has 0 aliphatic heterocycles. The van der Waals surface area contributed by atoms with Gasteiger partial charge in [0.1, 0.15) is 0 Å². The van der Waals surface area contributed by atoms with Crippen LogP contribution in [0.5, 0.6) is 0 Å². The minimum atomic E-state index is 0. The predicted molar refractivity (Wildman–Crippen MR) is 55.8 cm³/mol. The monoisotopic (exact) mass is 262 g/mol. The van der Waals surface area contributed by atoms with Crippen molar-refractivity contribution in [2.75, 3.05) is 0 Å². The Labute approximate surface area is 89.7 Å². The molecule has 0 atom stereocenters. The van der Waals surface area contributed by atoms with Crippen molar-refractivity contribution >= 4 is 34.0 Å². The van der Waals surface area contributed by atoms with E-state index in [9.17, 15) is 0 Å². The van der Waals surface area contributed by atoms with E-state index in [0.717, 1.165) is 15.9 Å². The van der Waals surface area contributed by atoms with Crippen molar-refractivity contribution in [3.8, 4) is 0 Å². The summed E-state index contributed by atoms with van der Waals surface area (Å²) in [6.07, 6.45) is 1.89. The minimum absolute atomic E-state index is 0. The van der Waals surface area contributed by atoms with Crippen LogP contribution in [0.2, 0.25) is 0 Å². The summed E-state index contributed by atoms with van der Waals surface area (Å²) < 4.78 is 2.86. The van der Waals surface area contributed by atoms with Gasteiger partial charge >= 0.3 is 0 Å². The lowest BCUT2D eigenvalue weighted by atomic mass is 10.4. The maximum Gasteiger partial charge on any atom is 0.161 e. The van der Waals surface area contributed by atoms with Gasteiger partial charge in [-0.05, 0) is 12.1 Å². The van der Waals surface area contributed by atoms with Crippen molar-refractivity contribution in [1.82, 2.24) is 14.6 Å². The topological polar surface area (TPSA) is 56.2 Å². The normalized spacial score (nSPS) is 10.0. The number of pyridine rings is 1. The number of rotatable bonds is 1. The molecule has 0 aliphatic rings. The number of nitrogens with zero attached hydrogens (tertiary/aromatic N) is 3. The molecule has 0 aromatic carbocycles. The Balaban J connectivity index is 0.000000845. The molecule has 6 heteroatoms. The SMILES string of the molecule is Cl.NCc1nnc2cc(Br)ccn12. The molecule has 0 saturated carbocycles. The van der Waals surface area contributed by atoms with E-state index in [0.29, 0.717) is 6.54 Å². The molecule has 13 heavy (non-hydrogen) atoms. The van der Waals surface area contributed by atoms with E-state index in [1.54, 1.807) is 0 Å². The lowest BCUT2D eigenvalue weighted by Gasteiger charge is -1.95. The van der Waals surface area contributed by atoms with E-state index < -0.39 is 0 Å². The highest BCUT2D eigenvalue weighted by atomic mass is 79.9. The van der Waals surface area contributed by atoms with Crippen LogP contribution >= 0.6 is 28.3 Å². The van der Waals surface area contributed by atoms with Gasteiger partial charge in [-0.15, -0.1) is 22.6 Å². The van der Waals surface area contributed by atoms with Crippen LogP contribution in [0.1, 0.15) is 5.82 Å². The molecule has 0 bridgehead atoms. The molecule has 4 nitrogen and oxygen atoms in total. The average molecular weight is 264 g/mol. The molecule has 0 aliphatic carbocycles. The predicted octanol–water partition coefficient (Wildman–Crippen LogP) is 1.37. The van der Waals surface area contributed by atoms with Crippen LogP contribution < -0.4 is 5.73 Å². The molecule has 2 rings (SSSR count). The van der Waals surface area contributed by atoms with Crippen LogP contribution in [-0.4, -0.2) is 14.6 Å². The van der Waals surface area contributed by atoms with E-state index in [4.69, 9.17) is 5.73 Å². The molecule has 0 fully saturated rings. The van der Waals surface area contributed by atoms with Gasteiger partial charge in [-0.2, -0.15) is 0 Å². The smallest absolute Gasteiger partial charge is 0.161 e. The Morgan fingerprint density at radius 3 is 2.92 bits per heavy atom. The van der Waals surface area contributed by atoms with E-state index in [2.05, 4.69) is 26.1 Å². The summed E-state index contributed by atoms with van der Waals surface area (Å²) in [7, 11) is 0. The largest absolute Gasteiger partial charge is 0.324 e. The van der Waals surface area contributed by atoms with Crippen LogP contribution in [0, 0.1) is 0 Å². The fraction of sp³-hybridized carbons (Fsp3) is 0.143. The third-order valence-electron chi connectivity index (χ3n) is 1.63. The molecule has 70 valence electrons. The quantitative estimate of drug-likeness (QED) is 0.845. The van der Waals surface area contributed by atoms with Crippen molar-refractivity contribution in [3.05, 3.63) is 28.6 Å². The van der Waals surface area contributed by atoms with Crippen molar-refractivity contribution in [1.29, 1.82) is 0 Å². The Morgan fingerprint density at radius 2 is 2.23 bits per heavy atom. The number of fused-ring (bicyclic) bond motifs is 1. The maximum atomic E-state index is 5.46. The van der Waals surface area contributed by atoms with Gasteiger partial charge in [0.25, 0.3) is 0 Å². The highest BCUT2D eigenvalue weighted by molar-refractivity contribution is 9.10. The fourth-order valence-electron chi connectivity index (χ4n) is 1.05. The van der Waals surface area contributed by atoms with Gasteiger partial charge in [0.15, 0.2) is 11.5 Å². The fourth-order valence-corrected chi connectivity index (χ4v) is 1.38. The summed E-state index contributed by atoms with van der Waals surface area (Å²) in [4.78, 5) is 0. The molecule has 2 heterocycles. The molecule has 2 aromatic rings. The third-order valence-corrected chi connectivity index (χ3v) is 2.12. The average Bonchev–Trinajstić information content (AvgIpc) is 2.46. The lowest BCUT2D eigenvalue weighted by molar-refractivity contribution is 0.882. The standard InChI is InChI=1S/C7H7BrN4.ClH/c8-5-1-2-12-6(3-5)10-11-7(12)4-9;/h1-3H,4,9H2;1H. The Kier molecular flexibility index (Phi) is 3.24. The number of hydrogen-bond acceptors (Lipinski definition) is 3. The summed E-state index contributed by atoms with van der Waals surface area (Å²) in [6, 6.07) is 3.82. The molecule has 0 spiro atoms. The van der Waals surface area contributed by atoms with Crippen LogP contribution in [0.15, 0.2) is 22.8 Å². The number of aromatic nitrogens is 3. The second kappa shape index (κ2) is 4.04. The maximum absolute atomic E-state index is 5.46. The minimum Gasteiger partial charge on any atom is -0.324 e. The molecule has 0 radical (unpaired) electrons. The van der Waals surface area contributed by atoms with Crippen LogP contribution in [-0.2, 0) is 6.54 Å². The van der Waals surface area contributed by atoms with Crippen LogP contribution in [0.3, 0.4) is 0 Å². The van der Waals surface area contributed by atoms with E-state index in [1.165, 1.54) is 0 Å². The first-order valence-electron chi connectivity index (χ1n) is 3.50. The summed E-state index contributed by atoms with van der Waals surface area (Å²) in [6.45, 7) is 0.406. The van der Waals surface area contributed by atoms with Gasteiger partial charge < -0.3 is 5.73 Å². The molecule has 2 aromatic heterocycles. The second-order valence-corrected chi connectivity index (χ2v) is 3.31. The number of nitrogens with two attached hydrogens (primary N) is 1. The first-order chi connectivity index (χ1) is 5.81. The molecule has 0 saturated heterocycles. The zero-order chi connectivity index (χ0) is 8.55. The zero-order valence-corrected chi connectivity index (χ0v) is 9.05. The Hall–Kier alpha value is -0.650. The van der Waals surface area contributed by atoms with Gasteiger partial charge in [0.2, 0.25) is 0 Å². The first kappa shape index (κ1) is 10.4. The van der Waals surface area contributed by atoms with Crippen molar-refractivity contribution in [3.63, 3.8) is 0 Å². The Bertz CT molecular complexity index is 414. The molecule has 2 N–H and O–H groups in total. The van der Waals surface area contributed by atoms with Gasteiger partial charge in [-0.1, -0.05) is 15.9 Å². The highest BCUT2D eigenvalue weighted by Crippen LogP contribution is 2.12. The van der Waals surface area contributed by atoms with E-state index >= 15 is 0 Å². The molecular weight excluding hydrogens is 255 g/mol. The van der Waals surface area contributed by atoms with E-state index in [1.807, 2.05) is 22.7 Å². The second-order valence-electron chi connectivity index (χ2n) is 2.39. The number of hydrogen-bond donors (Lipinski definition) is 1. The lowest BCUT2D eigenvalue weighted by Crippen LogP contribution is -2.01. The van der Waals surface area contributed by atoms with E-state index in [-0.39, 0.29) is 12.4 Å². The summed E-state index contributed by atoms with van der Waals surface area (Å²) in [5, 5.41) is 7.88. The first-order valence-corrected chi connectivity index (χ1v) is 4.30. The third kappa shape index (κ3) is 1.82. The van der Waals surface area contributed by atoms with Crippen LogP contribution in [0.25, 0.3) is 5.65 Å². The summed E-state index contributed by atoms with van der Waals surface area (Å²) >= 11 is 3.35. The Morgan fingerprint density at radius 1 is 1.46 bits per heavy atom. The summed E-state index contributed by atoms with van der Waals surface area (Å²) in [5.41, 5.74) is 6.27. The van der Waals surface area contributed by atoms with Gasteiger partial charge in [0.05, 0.1) is 6.54 Å². The molecule has 0 amide bonds.